The maximum absolute atomic E-state index is 4.72. The molecule has 1 unspecified atom stereocenters. The molecule has 0 radical (unpaired) electrons. The monoisotopic (exact) mass is 292 g/mol. The van der Waals surface area contributed by atoms with Crippen LogP contribution in [0.4, 0.5) is 17.8 Å². The molecule has 21 heavy (non-hydrogen) atoms. The molecule has 6 heteroatoms. The van der Waals surface area contributed by atoms with Gasteiger partial charge in [0.25, 0.3) is 0 Å². The summed E-state index contributed by atoms with van der Waals surface area (Å²) >= 11 is 0. The Kier molecular flexibility index (Phi) is 5.59. The molecule has 6 nitrogen and oxygen atoms in total. The van der Waals surface area contributed by atoms with Gasteiger partial charge >= 0.3 is 0 Å². The minimum Gasteiger partial charge on any atom is -0.354 e. The van der Waals surface area contributed by atoms with Crippen LogP contribution in [0, 0.1) is 0 Å². The zero-order chi connectivity index (χ0) is 15.2. The lowest BCUT2D eigenvalue weighted by molar-refractivity contribution is 0.476. The highest BCUT2D eigenvalue weighted by Gasteiger charge is 2.23. The van der Waals surface area contributed by atoms with Gasteiger partial charge in [-0.3, -0.25) is 0 Å². The second kappa shape index (κ2) is 7.43. The minimum absolute atomic E-state index is 0.500. The van der Waals surface area contributed by atoms with E-state index in [9.17, 15) is 0 Å². The Morgan fingerprint density at radius 2 is 1.90 bits per heavy atom. The van der Waals surface area contributed by atoms with Crippen molar-refractivity contribution in [3.05, 3.63) is 0 Å². The summed E-state index contributed by atoms with van der Waals surface area (Å²) in [5.41, 5.74) is 0. The van der Waals surface area contributed by atoms with Crippen molar-refractivity contribution < 1.29 is 0 Å². The van der Waals surface area contributed by atoms with E-state index in [0.717, 1.165) is 38.1 Å². The summed E-state index contributed by atoms with van der Waals surface area (Å²) in [6.07, 6.45) is 3.72. The molecule has 0 saturated carbocycles. The topological polar surface area (TPSA) is 57.2 Å². The fraction of sp³-hybridized carbons (Fsp3) is 0.800. The smallest absolute Gasteiger partial charge is 0.232 e. The van der Waals surface area contributed by atoms with E-state index in [1.54, 1.807) is 0 Å². The summed E-state index contributed by atoms with van der Waals surface area (Å²) in [5.74, 6) is 2.27. The van der Waals surface area contributed by atoms with Gasteiger partial charge in [0, 0.05) is 32.2 Å². The molecule has 2 rings (SSSR count). The van der Waals surface area contributed by atoms with Crippen molar-refractivity contribution in [2.24, 2.45) is 0 Å². The van der Waals surface area contributed by atoms with E-state index < -0.39 is 0 Å². The summed E-state index contributed by atoms with van der Waals surface area (Å²) < 4.78 is 0. The number of aromatic nitrogens is 3. The summed E-state index contributed by atoms with van der Waals surface area (Å²) in [7, 11) is 0. The maximum Gasteiger partial charge on any atom is 0.232 e. The third kappa shape index (κ3) is 3.74. The Bertz CT molecular complexity index is 446. The molecule has 1 saturated heterocycles. The summed E-state index contributed by atoms with van der Waals surface area (Å²) in [5, 5.41) is 3.23. The summed E-state index contributed by atoms with van der Waals surface area (Å²) in [6, 6.07) is 0.500. The molecule has 0 amide bonds. The van der Waals surface area contributed by atoms with Crippen LogP contribution in [0.3, 0.4) is 0 Å². The van der Waals surface area contributed by atoms with E-state index in [0.29, 0.717) is 12.0 Å². The fourth-order valence-corrected chi connectivity index (χ4v) is 2.76. The second-order valence-corrected chi connectivity index (χ2v) is 5.50. The first-order chi connectivity index (χ1) is 10.2. The van der Waals surface area contributed by atoms with Crippen LogP contribution >= 0.6 is 0 Å². The van der Waals surface area contributed by atoms with Gasteiger partial charge in [0.1, 0.15) is 0 Å². The third-order valence-electron chi connectivity index (χ3n) is 4.05. The van der Waals surface area contributed by atoms with E-state index in [4.69, 9.17) is 4.98 Å². The van der Waals surface area contributed by atoms with Crippen LogP contribution < -0.4 is 15.1 Å². The summed E-state index contributed by atoms with van der Waals surface area (Å²) in [6.45, 7) is 12.2. The van der Waals surface area contributed by atoms with Crippen molar-refractivity contribution in [3.8, 4) is 0 Å². The quantitative estimate of drug-likeness (QED) is 0.869. The Hall–Kier alpha value is -1.59. The molecule has 1 fully saturated rings. The molecule has 1 N–H and O–H groups in total. The van der Waals surface area contributed by atoms with E-state index >= 15 is 0 Å². The van der Waals surface area contributed by atoms with Crippen molar-refractivity contribution >= 4 is 17.8 Å². The first kappa shape index (κ1) is 15.8. The Morgan fingerprint density at radius 1 is 1.14 bits per heavy atom. The highest BCUT2D eigenvalue weighted by Crippen LogP contribution is 2.24. The first-order valence-electron chi connectivity index (χ1n) is 8.21. The Labute approximate surface area is 128 Å². The Balaban J connectivity index is 2.34. The molecule has 2 heterocycles. The standard InChI is InChI=1S/C15H28N6/c1-5-16-13-17-14(20(6-2)7-3)19-15(18-13)21-11-9-8-10-12(21)4/h12H,5-11H2,1-4H3,(H,16,17,18,19). The molecule has 0 aromatic carbocycles. The first-order valence-corrected chi connectivity index (χ1v) is 8.21. The number of rotatable bonds is 6. The van der Waals surface area contributed by atoms with Crippen molar-refractivity contribution in [1.29, 1.82) is 0 Å². The number of hydrogen-bond donors (Lipinski definition) is 1. The average molecular weight is 292 g/mol. The SMILES string of the molecule is CCNc1nc(N(CC)CC)nc(N2CCCCC2C)n1. The largest absolute Gasteiger partial charge is 0.354 e. The van der Waals surface area contributed by atoms with Gasteiger partial charge in [-0.1, -0.05) is 0 Å². The predicted molar refractivity (Wildman–Crippen MR) is 88.2 cm³/mol. The van der Waals surface area contributed by atoms with Gasteiger partial charge in [0.15, 0.2) is 0 Å². The van der Waals surface area contributed by atoms with Crippen LogP contribution in [-0.2, 0) is 0 Å². The summed E-state index contributed by atoms with van der Waals surface area (Å²) in [4.78, 5) is 18.4. The van der Waals surface area contributed by atoms with Crippen LogP contribution in [0.5, 0.6) is 0 Å². The lowest BCUT2D eigenvalue weighted by Gasteiger charge is -2.34. The van der Waals surface area contributed by atoms with Crippen molar-refractivity contribution in [2.45, 2.75) is 53.0 Å². The number of piperidine rings is 1. The Morgan fingerprint density at radius 3 is 2.52 bits per heavy atom. The molecular weight excluding hydrogens is 264 g/mol. The number of nitrogens with zero attached hydrogens (tertiary/aromatic N) is 5. The van der Waals surface area contributed by atoms with Crippen LogP contribution in [-0.4, -0.2) is 47.2 Å². The average Bonchev–Trinajstić information content (AvgIpc) is 2.49. The van der Waals surface area contributed by atoms with Gasteiger partial charge in [-0.25, -0.2) is 0 Å². The van der Waals surface area contributed by atoms with Crippen molar-refractivity contribution in [3.63, 3.8) is 0 Å². The van der Waals surface area contributed by atoms with Crippen molar-refractivity contribution in [1.82, 2.24) is 15.0 Å². The van der Waals surface area contributed by atoms with Crippen LogP contribution in [0.15, 0.2) is 0 Å². The maximum atomic E-state index is 4.72. The lowest BCUT2D eigenvalue weighted by Crippen LogP contribution is -2.39. The third-order valence-corrected chi connectivity index (χ3v) is 4.05. The number of hydrogen-bond acceptors (Lipinski definition) is 6. The molecular formula is C15H28N6. The minimum atomic E-state index is 0.500. The molecule has 1 aromatic rings. The lowest BCUT2D eigenvalue weighted by atomic mass is 10.0. The molecule has 1 aliphatic rings. The van der Waals surface area contributed by atoms with Crippen molar-refractivity contribution in [2.75, 3.05) is 41.3 Å². The van der Waals surface area contributed by atoms with Crippen LogP contribution in [0.25, 0.3) is 0 Å². The normalized spacial score (nSPS) is 18.7. The van der Waals surface area contributed by atoms with Crippen LogP contribution in [0.1, 0.15) is 47.0 Å². The molecule has 0 aliphatic carbocycles. The molecule has 1 aliphatic heterocycles. The number of anilines is 3. The second-order valence-electron chi connectivity index (χ2n) is 5.50. The zero-order valence-electron chi connectivity index (χ0n) is 13.8. The molecule has 0 bridgehead atoms. The van der Waals surface area contributed by atoms with Gasteiger partial charge < -0.3 is 15.1 Å². The molecule has 1 atom stereocenters. The van der Waals surface area contributed by atoms with Gasteiger partial charge in [-0.15, -0.1) is 0 Å². The van der Waals surface area contributed by atoms with Gasteiger partial charge in [-0.05, 0) is 47.0 Å². The van der Waals surface area contributed by atoms with Gasteiger partial charge in [0.2, 0.25) is 17.8 Å². The molecule has 0 spiro atoms. The zero-order valence-corrected chi connectivity index (χ0v) is 13.8. The molecule has 1 aromatic heterocycles. The van der Waals surface area contributed by atoms with E-state index in [-0.39, 0.29) is 0 Å². The van der Waals surface area contributed by atoms with E-state index in [1.807, 2.05) is 0 Å². The van der Waals surface area contributed by atoms with E-state index in [1.165, 1.54) is 19.3 Å². The highest BCUT2D eigenvalue weighted by molar-refractivity contribution is 5.46. The van der Waals surface area contributed by atoms with Crippen LogP contribution in [0.2, 0.25) is 0 Å². The highest BCUT2D eigenvalue weighted by atomic mass is 15.4. The fourth-order valence-electron chi connectivity index (χ4n) is 2.76. The van der Waals surface area contributed by atoms with Gasteiger partial charge in [-0.2, -0.15) is 15.0 Å². The molecule has 118 valence electrons. The van der Waals surface area contributed by atoms with E-state index in [2.05, 4.69) is 52.8 Å². The van der Waals surface area contributed by atoms with Gasteiger partial charge in [0.05, 0.1) is 0 Å². The number of nitrogens with one attached hydrogen (secondary N) is 1. The predicted octanol–water partition coefficient (Wildman–Crippen LogP) is 2.53.